The molecule has 0 spiro atoms. The van der Waals surface area contributed by atoms with Crippen molar-refractivity contribution in [1.29, 1.82) is 0 Å². The number of aromatic nitrogens is 2. The van der Waals surface area contributed by atoms with Gasteiger partial charge < -0.3 is 19.4 Å². The lowest BCUT2D eigenvalue weighted by atomic mass is 10.1. The Labute approximate surface area is 188 Å². The molecular weight excluding hydrogens is 406 g/mol. The molecule has 170 valence electrons. The normalized spacial score (nSPS) is 18.8. The highest BCUT2D eigenvalue weighted by Crippen LogP contribution is 2.36. The van der Waals surface area contributed by atoms with Crippen molar-refractivity contribution < 1.29 is 9.53 Å². The number of nitrogens with zero attached hydrogens (tertiary/aromatic N) is 5. The molecule has 8 nitrogen and oxygen atoms in total. The molecular formula is C24H31N5O3. The van der Waals surface area contributed by atoms with Gasteiger partial charge in [0.1, 0.15) is 12.4 Å². The monoisotopic (exact) mass is 437 g/mol. The van der Waals surface area contributed by atoms with Crippen LogP contribution in [0.4, 0.5) is 17.2 Å². The van der Waals surface area contributed by atoms with Crippen molar-refractivity contribution in [2.75, 3.05) is 54.6 Å². The summed E-state index contributed by atoms with van der Waals surface area (Å²) in [6.07, 6.45) is 5.57. The van der Waals surface area contributed by atoms with Crippen LogP contribution in [0.15, 0.2) is 35.1 Å². The Morgan fingerprint density at radius 2 is 1.84 bits per heavy atom. The van der Waals surface area contributed by atoms with Crippen molar-refractivity contribution in [1.82, 2.24) is 9.78 Å². The quantitative estimate of drug-likeness (QED) is 0.713. The van der Waals surface area contributed by atoms with Crippen LogP contribution >= 0.6 is 0 Å². The standard InChI is InChI=1S/C24H31N5O3/c1-26(18-5-2-3-6-18)22-9-10-23(30)29(25-22)17-24(31)28-12-11-19-20(7-4-8-21(19)28)27-13-15-32-16-14-27/h4,7-10,18H,2-3,5-6,11-17H2,1H3. The minimum absolute atomic E-state index is 0.0492. The van der Waals surface area contributed by atoms with E-state index >= 15 is 0 Å². The van der Waals surface area contributed by atoms with Crippen molar-refractivity contribution in [3.63, 3.8) is 0 Å². The van der Waals surface area contributed by atoms with Crippen LogP contribution < -0.4 is 20.3 Å². The number of ether oxygens (including phenoxy) is 1. The fourth-order valence-corrected chi connectivity index (χ4v) is 5.21. The lowest BCUT2D eigenvalue weighted by molar-refractivity contribution is -0.119. The molecule has 0 unspecified atom stereocenters. The summed E-state index contributed by atoms with van der Waals surface area (Å²) in [5.74, 6) is 0.652. The highest BCUT2D eigenvalue weighted by atomic mass is 16.5. The first-order valence-corrected chi connectivity index (χ1v) is 11.7. The van der Waals surface area contributed by atoms with E-state index in [0.717, 1.165) is 57.1 Å². The van der Waals surface area contributed by atoms with Gasteiger partial charge in [-0.3, -0.25) is 9.59 Å². The second-order valence-electron chi connectivity index (χ2n) is 8.91. The summed E-state index contributed by atoms with van der Waals surface area (Å²) < 4.78 is 6.80. The molecule has 1 aromatic heterocycles. The van der Waals surface area contributed by atoms with Gasteiger partial charge in [-0.2, -0.15) is 5.10 Å². The second kappa shape index (κ2) is 8.94. The number of amides is 1. The van der Waals surface area contributed by atoms with Gasteiger partial charge >= 0.3 is 0 Å². The maximum absolute atomic E-state index is 13.2. The molecule has 1 aliphatic carbocycles. The molecule has 2 aromatic rings. The van der Waals surface area contributed by atoms with Crippen LogP contribution in [0.1, 0.15) is 31.2 Å². The van der Waals surface area contributed by atoms with Crippen molar-refractivity contribution >= 4 is 23.1 Å². The molecule has 1 saturated heterocycles. The summed E-state index contributed by atoms with van der Waals surface area (Å²) in [6.45, 7) is 3.77. The number of anilines is 3. The fourth-order valence-electron chi connectivity index (χ4n) is 5.21. The number of hydrogen-bond acceptors (Lipinski definition) is 6. The molecule has 1 amide bonds. The Hall–Kier alpha value is -2.87. The lowest BCUT2D eigenvalue weighted by Gasteiger charge is -2.30. The maximum Gasteiger partial charge on any atom is 0.267 e. The van der Waals surface area contributed by atoms with E-state index in [9.17, 15) is 9.59 Å². The number of carbonyl (C=O) groups excluding carboxylic acids is 1. The van der Waals surface area contributed by atoms with Crippen LogP contribution in [-0.4, -0.2) is 61.6 Å². The Bertz CT molecular complexity index is 1040. The molecule has 2 aliphatic heterocycles. The minimum Gasteiger partial charge on any atom is -0.378 e. The molecule has 1 aromatic carbocycles. The van der Waals surface area contributed by atoms with E-state index in [2.05, 4.69) is 21.0 Å². The number of morpholine rings is 1. The molecule has 0 atom stereocenters. The highest BCUT2D eigenvalue weighted by molar-refractivity contribution is 5.96. The van der Waals surface area contributed by atoms with Gasteiger partial charge in [0, 0.05) is 55.7 Å². The maximum atomic E-state index is 13.2. The number of fused-ring (bicyclic) bond motifs is 1. The predicted molar refractivity (Wildman–Crippen MR) is 125 cm³/mol. The molecule has 32 heavy (non-hydrogen) atoms. The van der Waals surface area contributed by atoms with Gasteiger partial charge in [-0.25, -0.2) is 4.68 Å². The topological polar surface area (TPSA) is 70.9 Å². The first kappa shape index (κ1) is 21.0. The number of rotatable bonds is 5. The third-order valence-corrected chi connectivity index (χ3v) is 7.03. The Kier molecular flexibility index (Phi) is 5.87. The van der Waals surface area contributed by atoms with Gasteiger partial charge in [-0.15, -0.1) is 0 Å². The van der Waals surface area contributed by atoms with Crippen molar-refractivity contribution in [2.45, 2.75) is 44.7 Å². The minimum atomic E-state index is -0.247. The van der Waals surface area contributed by atoms with Crippen molar-refractivity contribution in [3.8, 4) is 0 Å². The Balaban J connectivity index is 1.35. The SMILES string of the molecule is CN(c1ccc(=O)n(CC(=O)N2CCc3c(N4CCOCC4)cccc32)n1)C1CCCC1. The van der Waals surface area contributed by atoms with Crippen LogP contribution in [0.5, 0.6) is 0 Å². The van der Waals surface area contributed by atoms with Gasteiger partial charge in [0.15, 0.2) is 0 Å². The van der Waals surface area contributed by atoms with Gasteiger partial charge in [-0.1, -0.05) is 18.9 Å². The van der Waals surface area contributed by atoms with E-state index < -0.39 is 0 Å². The van der Waals surface area contributed by atoms with E-state index in [-0.39, 0.29) is 18.0 Å². The van der Waals surface area contributed by atoms with Crippen LogP contribution in [0.25, 0.3) is 0 Å². The molecule has 1 saturated carbocycles. The summed E-state index contributed by atoms with van der Waals surface area (Å²) in [4.78, 5) is 32.0. The Morgan fingerprint density at radius 1 is 1.09 bits per heavy atom. The predicted octanol–water partition coefficient (Wildman–Crippen LogP) is 2.05. The van der Waals surface area contributed by atoms with E-state index in [1.54, 1.807) is 11.0 Å². The second-order valence-corrected chi connectivity index (χ2v) is 8.91. The van der Waals surface area contributed by atoms with E-state index in [1.807, 2.05) is 19.2 Å². The van der Waals surface area contributed by atoms with E-state index in [0.29, 0.717) is 12.6 Å². The summed E-state index contributed by atoms with van der Waals surface area (Å²) in [7, 11) is 2.03. The van der Waals surface area contributed by atoms with Gasteiger partial charge in [0.25, 0.3) is 5.56 Å². The molecule has 8 heteroatoms. The summed E-state index contributed by atoms with van der Waals surface area (Å²) in [6, 6.07) is 9.89. The molecule has 5 rings (SSSR count). The number of benzene rings is 1. The Morgan fingerprint density at radius 3 is 2.62 bits per heavy atom. The molecule has 3 aliphatic rings. The zero-order valence-corrected chi connectivity index (χ0v) is 18.7. The van der Waals surface area contributed by atoms with Gasteiger partial charge in [0.2, 0.25) is 5.91 Å². The van der Waals surface area contributed by atoms with Crippen molar-refractivity contribution in [2.24, 2.45) is 0 Å². The molecule has 3 heterocycles. The van der Waals surface area contributed by atoms with E-state index in [4.69, 9.17) is 4.74 Å². The molecule has 0 radical (unpaired) electrons. The van der Waals surface area contributed by atoms with Gasteiger partial charge in [-0.05, 0) is 37.5 Å². The molecule has 0 bridgehead atoms. The van der Waals surface area contributed by atoms with Crippen LogP contribution in [-0.2, 0) is 22.5 Å². The zero-order valence-electron chi connectivity index (χ0n) is 18.7. The third kappa shape index (κ3) is 3.99. The third-order valence-electron chi connectivity index (χ3n) is 7.03. The summed E-state index contributed by atoms with van der Waals surface area (Å²) in [5.41, 5.74) is 3.10. The first-order chi connectivity index (χ1) is 15.6. The largest absolute Gasteiger partial charge is 0.378 e. The number of hydrogen-bond donors (Lipinski definition) is 0. The van der Waals surface area contributed by atoms with Crippen molar-refractivity contribution in [3.05, 3.63) is 46.2 Å². The number of carbonyl (C=O) groups is 1. The summed E-state index contributed by atoms with van der Waals surface area (Å²) >= 11 is 0. The average molecular weight is 438 g/mol. The highest BCUT2D eigenvalue weighted by Gasteiger charge is 2.29. The average Bonchev–Trinajstić information content (AvgIpc) is 3.51. The molecule has 0 N–H and O–H groups in total. The zero-order chi connectivity index (χ0) is 22.1. The first-order valence-electron chi connectivity index (χ1n) is 11.7. The molecule has 2 fully saturated rings. The summed E-state index contributed by atoms with van der Waals surface area (Å²) in [5, 5.41) is 4.54. The van der Waals surface area contributed by atoms with Crippen LogP contribution in [0.2, 0.25) is 0 Å². The lowest BCUT2D eigenvalue weighted by Crippen LogP contribution is -2.38. The smallest absolute Gasteiger partial charge is 0.267 e. The van der Waals surface area contributed by atoms with E-state index in [1.165, 1.54) is 34.8 Å². The fraction of sp³-hybridized carbons (Fsp3) is 0.542. The van der Waals surface area contributed by atoms with Gasteiger partial charge in [0.05, 0.1) is 13.2 Å². The van der Waals surface area contributed by atoms with Crippen LogP contribution in [0.3, 0.4) is 0 Å². The van der Waals surface area contributed by atoms with Crippen LogP contribution in [0, 0.1) is 0 Å².